The van der Waals surface area contributed by atoms with Gasteiger partial charge in [-0.3, -0.25) is 9.69 Å². The molecular formula is C21H27N3O3. The van der Waals surface area contributed by atoms with Crippen molar-refractivity contribution in [2.24, 2.45) is 16.1 Å². The molecule has 3 aliphatic rings. The molecule has 1 atom stereocenters. The van der Waals surface area contributed by atoms with Gasteiger partial charge in [0.15, 0.2) is 11.5 Å². The van der Waals surface area contributed by atoms with Gasteiger partial charge in [-0.25, -0.2) is 4.99 Å². The van der Waals surface area contributed by atoms with Gasteiger partial charge in [-0.15, -0.1) is 0 Å². The summed E-state index contributed by atoms with van der Waals surface area (Å²) in [5.74, 6) is 0.833. The minimum atomic E-state index is -0.954. The Morgan fingerprint density at radius 1 is 1.33 bits per heavy atom. The maximum absolute atomic E-state index is 13.5. The van der Waals surface area contributed by atoms with Crippen molar-refractivity contribution in [3.63, 3.8) is 0 Å². The number of carbonyl (C=O) groups is 1. The number of methoxy groups -OCH3 is 2. The van der Waals surface area contributed by atoms with Gasteiger partial charge in [-0.1, -0.05) is 18.7 Å². The Morgan fingerprint density at radius 2 is 2.04 bits per heavy atom. The number of fused-ring (bicyclic) bond motifs is 3. The molecule has 0 bridgehead atoms. The molecule has 2 spiro atoms. The summed E-state index contributed by atoms with van der Waals surface area (Å²) in [5.41, 5.74) is 7.91. The van der Waals surface area contributed by atoms with Crippen molar-refractivity contribution < 1.29 is 14.3 Å². The molecule has 0 radical (unpaired) electrons. The van der Waals surface area contributed by atoms with Crippen LogP contribution < -0.4 is 5.73 Å². The van der Waals surface area contributed by atoms with Crippen molar-refractivity contribution in [2.75, 3.05) is 21.3 Å². The number of benzene rings is 1. The molecule has 6 nitrogen and oxygen atoms in total. The van der Waals surface area contributed by atoms with E-state index in [-0.39, 0.29) is 23.4 Å². The van der Waals surface area contributed by atoms with Gasteiger partial charge < -0.3 is 15.2 Å². The van der Waals surface area contributed by atoms with Gasteiger partial charge in [-0.2, -0.15) is 0 Å². The van der Waals surface area contributed by atoms with Crippen molar-refractivity contribution >= 4 is 17.6 Å². The minimum Gasteiger partial charge on any atom is -0.497 e. The van der Waals surface area contributed by atoms with Crippen LogP contribution in [0.25, 0.3) is 5.76 Å². The average Bonchev–Trinajstić information content (AvgIpc) is 3.08. The van der Waals surface area contributed by atoms with E-state index < -0.39 is 5.54 Å². The Hall–Kier alpha value is -2.34. The van der Waals surface area contributed by atoms with E-state index in [1.54, 1.807) is 21.3 Å². The number of hydrogen-bond acceptors (Lipinski definition) is 5. The molecular weight excluding hydrogens is 342 g/mol. The van der Waals surface area contributed by atoms with Crippen molar-refractivity contribution in [2.45, 2.75) is 43.7 Å². The zero-order valence-electron chi connectivity index (χ0n) is 16.2. The zero-order valence-corrected chi connectivity index (χ0v) is 16.2. The highest BCUT2D eigenvalue weighted by atomic mass is 16.5. The Kier molecular flexibility index (Phi) is 4.07. The third kappa shape index (κ3) is 2.29. The molecule has 144 valence electrons. The fraction of sp³-hybridized carbons (Fsp3) is 0.524. The van der Waals surface area contributed by atoms with Gasteiger partial charge >= 0.3 is 0 Å². The number of rotatable bonds is 3. The number of nitrogens with zero attached hydrogens (tertiary/aromatic N) is 2. The molecule has 0 aromatic heterocycles. The number of hydrogen-bond donors (Lipinski definition) is 1. The average molecular weight is 369 g/mol. The quantitative estimate of drug-likeness (QED) is 0.830. The van der Waals surface area contributed by atoms with Gasteiger partial charge in [0.1, 0.15) is 5.76 Å². The maximum atomic E-state index is 13.5. The highest BCUT2D eigenvalue weighted by Crippen LogP contribution is 2.61. The molecule has 2 aliphatic carbocycles. The third-order valence-corrected chi connectivity index (χ3v) is 6.83. The molecule has 1 aromatic rings. The molecule has 1 fully saturated rings. The predicted octanol–water partition coefficient (Wildman–Crippen LogP) is 2.42. The summed E-state index contributed by atoms with van der Waals surface area (Å²) in [5, 5.41) is 0. The van der Waals surface area contributed by atoms with Crippen LogP contribution in [0.4, 0.5) is 0 Å². The van der Waals surface area contributed by atoms with Crippen LogP contribution in [0.3, 0.4) is 0 Å². The first-order valence-electron chi connectivity index (χ1n) is 9.41. The van der Waals surface area contributed by atoms with E-state index in [0.29, 0.717) is 5.76 Å². The van der Waals surface area contributed by atoms with Crippen molar-refractivity contribution in [1.82, 2.24) is 4.90 Å². The van der Waals surface area contributed by atoms with E-state index >= 15 is 0 Å². The first kappa shape index (κ1) is 18.0. The van der Waals surface area contributed by atoms with Crippen LogP contribution >= 0.6 is 0 Å². The Labute approximate surface area is 160 Å². The number of nitrogens with two attached hydrogens (primary N) is 1. The first-order chi connectivity index (χ1) is 12.9. The zero-order chi connectivity index (χ0) is 19.4. The van der Waals surface area contributed by atoms with Crippen LogP contribution in [0, 0.1) is 5.41 Å². The lowest BCUT2D eigenvalue weighted by Gasteiger charge is -2.45. The summed E-state index contributed by atoms with van der Waals surface area (Å²) in [7, 11) is 5.07. The monoisotopic (exact) mass is 369 g/mol. The summed E-state index contributed by atoms with van der Waals surface area (Å²) in [4.78, 5) is 19.9. The van der Waals surface area contributed by atoms with Gasteiger partial charge in [0, 0.05) is 25.1 Å². The molecule has 27 heavy (non-hydrogen) atoms. The van der Waals surface area contributed by atoms with E-state index in [1.165, 1.54) is 10.5 Å². The summed E-state index contributed by atoms with van der Waals surface area (Å²) in [6.45, 7) is 3.96. The fourth-order valence-corrected chi connectivity index (χ4v) is 5.22. The summed E-state index contributed by atoms with van der Waals surface area (Å²) >= 11 is 0. The lowest BCUT2D eigenvalue weighted by atomic mass is 9.61. The van der Waals surface area contributed by atoms with E-state index in [0.717, 1.165) is 43.2 Å². The lowest BCUT2D eigenvalue weighted by Crippen LogP contribution is -2.51. The highest BCUT2D eigenvalue weighted by Gasteiger charge is 2.66. The second-order valence-electron chi connectivity index (χ2n) is 7.94. The number of aliphatic imine (C=N–C) groups is 1. The van der Waals surface area contributed by atoms with Gasteiger partial charge in [0.2, 0.25) is 0 Å². The standard InChI is InChI=1S/C21H27N3O3/c1-13(26-3)14-5-6-15-12-20(9-7-16(27-4)8-10-20)21(17(15)11-14)18(25)24(2)19(22)23-21/h5-6,11,16H,1,7-10,12H2,2-4H3,(H2,22,23). The van der Waals surface area contributed by atoms with Gasteiger partial charge in [0.25, 0.3) is 5.91 Å². The molecule has 1 heterocycles. The predicted molar refractivity (Wildman–Crippen MR) is 104 cm³/mol. The highest BCUT2D eigenvalue weighted by molar-refractivity contribution is 6.08. The third-order valence-electron chi connectivity index (χ3n) is 6.83. The van der Waals surface area contributed by atoms with E-state index in [1.807, 2.05) is 12.1 Å². The number of guanidine groups is 1. The molecule has 1 saturated carbocycles. The van der Waals surface area contributed by atoms with Crippen molar-refractivity contribution in [3.8, 4) is 0 Å². The molecule has 1 unspecified atom stereocenters. The number of carbonyl (C=O) groups excluding carboxylic acids is 1. The number of ether oxygens (including phenoxy) is 2. The molecule has 6 heteroatoms. The lowest BCUT2D eigenvalue weighted by molar-refractivity contribution is -0.137. The Balaban J connectivity index is 1.88. The van der Waals surface area contributed by atoms with E-state index in [2.05, 4.69) is 12.6 Å². The molecule has 0 saturated heterocycles. The van der Waals surface area contributed by atoms with E-state index in [4.69, 9.17) is 20.2 Å². The van der Waals surface area contributed by atoms with E-state index in [9.17, 15) is 4.79 Å². The molecule has 1 amide bonds. The topological polar surface area (TPSA) is 77.2 Å². The maximum Gasteiger partial charge on any atom is 0.262 e. The van der Waals surface area contributed by atoms with Crippen LogP contribution in [-0.4, -0.2) is 44.1 Å². The van der Waals surface area contributed by atoms with Crippen LogP contribution in [-0.2, 0) is 26.2 Å². The largest absolute Gasteiger partial charge is 0.497 e. The SMILES string of the molecule is C=C(OC)c1ccc2c(c1)C1(N=C(N)N(C)C1=O)C1(CCC(OC)CC1)C2. The van der Waals surface area contributed by atoms with Crippen LogP contribution in [0.1, 0.15) is 42.4 Å². The number of amides is 1. The Morgan fingerprint density at radius 3 is 2.59 bits per heavy atom. The second-order valence-corrected chi connectivity index (χ2v) is 7.94. The molecule has 2 N–H and O–H groups in total. The van der Waals surface area contributed by atoms with Crippen LogP contribution in [0.15, 0.2) is 29.8 Å². The smallest absolute Gasteiger partial charge is 0.262 e. The second kappa shape index (κ2) is 6.09. The number of likely N-dealkylation sites (N-methyl/N-ethyl adjacent to an activating group) is 1. The summed E-state index contributed by atoms with van der Waals surface area (Å²) in [6.07, 6.45) is 4.70. The fourth-order valence-electron chi connectivity index (χ4n) is 5.22. The summed E-state index contributed by atoms with van der Waals surface area (Å²) in [6, 6.07) is 6.12. The minimum absolute atomic E-state index is 0.0326. The van der Waals surface area contributed by atoms with Crippen molar-refractivity contribution in [3.05, 3.63) is 41.5 Å². The van der Waals surface area contributed by atoms with Gasteiger partial charge in [0.05, 0.1) is 13.2 Å². The molecule has 4 rings (SSSR count). The van der Waals surface area contributed by atoms with Crippen LogP contribution in [0.2, 0.25) is 0 Å². The molecule has 1 aromatic carbocycles. The normalized spacial score (nSPS) is 32.1. The van der Waals surface area contributed by atoms with Crippen LogP contribution in [0.5, 0.6) is 0 Å². The first-order valence-corrected chi connectivity index (χ1v) is 9.41. The van der Waals surface area contributed by atoms with Crippen molar-refractivity contribution in [1.29, 1.82) is 0 Å². The summed E-state index contributed by atoms with van der Waals surface area (Å²) < 4.78 is 10.9. The Bertz CT molecular complexity index is 839. The van der Waals surface area contributed by atoms with Gasteiger partial charge in [-0.05, 0) is 49.3 Å². The molecule has 1 aliphatic heterocycles.